The Morgan fingerprint density at radius 1 is 0.702 bits per heavy atom. The summed E-state index contributed by atoms with van der Waals surface area (Å²) in [6.45, 7) is 17.8. The quantitative estimate of drug-likeness (QED) is 0.0721. The minimum absolute atomic E-state index is 0.0100. The Kier molecular flexibility index (Phi) is 23.1. The number of fused-ring (bicyclic) bond motifs is 15. The van der Waals surface area contributed by atoms with E-state index in [1.807, 2.05) is 13.8 Å². The largest absolute Gasteiger partial charge is 0.508 e. The van der Waals surface area contributed by atoms with E-state index in [1.54, 1.807) is 73.5 Å². The number of aryl methyl sites for hydroxylation is 2. The van der Waals surface area contributed by atoms with Crippen molar-refractivity contribution in [3.05, 3.63) is 117 Å². The molecule has 0 saturated carbocycles. The van der Waals surface area contributed by atoms with Crippen molar-refractivity contribution in [3.8, 4) is 57.1 Å². The fourth-order valence-corrected chi connectivity index (χ4v) is 14.1. The molecule has 0 radical (unpaired) electrons. The van der Waals surface area contributed by atoms with Gasteiger partial charge in [0, 0.05) is 29.0 Å². The van der Waals surface area contributed by atoms with Gasteiger partial charge in [-0.2, -0.15) is 0 Å². The van der Waals surface area contributed by atoms with Gasteiger partial charge in [-0.3, -0.25) is 43.3 Å². The maximum atomic E-state index is 16.3. The zero-order chi connectivity index (χ0) is 76.0. The maximum Gasteiger partial charge on any atom is 0.248 e. The van der Waals surface area contributed by atoms with E-state index in [9.17, 15) is 50.1 Å². The number of carbonyl (C=O) groups excluding carboxylic acids is 8. The Labute approximate surface area is 601 Å². The zero-order valence-electron chi connectivity index (χ0n) is 60.2. The van der Waals surface area contributed by atoms with E-state index < -0.39 is 180 Å². The van der Waals surface area contributed by atoms with Crippen LogP contribution in [0.15, 0.2) is 72.8 Å². The molecule has 29 nitrogen and oxygen atoms in total. The highest BCUT2D eigenvalue weighted by Crippen LogP contribution is 2.50. The van der Waals surface area contributed by atoms with Gasteiger partial charge in [0.05, 0.1) is 43.0 Å². The summed E-state index contributed by atoms with van der Waals surface area (Å²) in [5.41, 5.74) is 4.47. The fraction of sp³-hybridized carbons (Fsp3) is 0.493. The summed E-state index contributed by atoms with van der Waals surface area (Å²) in [7, 11) is 3.32. The number of hydrogen-bond acceptors (Lipinski definition) is 22. The summed E-state index contributed by atoms with van der Waals surface area (Å²) in [6.07, 6.45) is -11.3. The van der Waals surface area contributed by atoms with Crippen molar-refractivity contribution in [3.63, 3.8) is 0 Å². The van der Waals surface area contributed by atoms with Crippen LogP contribution in [0, 0.1) is 38.0 Å². The summed E-state index contributed by atoms with van der Waals surface area (Å²) in [6, 6.07) is 3.56. The number of ether oxygens (including phenoxy) is 6. The average molecular weight is 1440 g/mol. The highest BCUT2D eigenvalue weighted by atomic mass is 16.7. The smallest absolute Gasteiger partial charge is 0.248 e. The van der Waals surface area contributed by atoms with Crippen LogP contribution in [0.1, 0.15) is 156 Å². The molecule has 2 fully saturated rings. The van der Waals surface area contributed by atoms with Gasteiger partial charge in [-0.25, -0.2) is 0 Å². The third kappa shape index (κ3) is 16.1. The van der Waals surface area contributed by atoms with Crippen LogP contribution in [0.2, 0.25) is 0 Å². The minimum atomic E-state index is -2.14. The molecule has 2 saturated heterocycles. The number of nitrogens with one attached hydrogen (secondary N) is 6. The Morgan fingerprint density at radius 2 is 1.31 bits per heavy atom. The summed E-state index contributed by atoms with van der Waals surface area (Å²) in [4.78, 5) is 122. The van der Waals surface area contributed by atoms with Gasteiger partial charge in [0.15, 0.2) is 23.6 Å². The Bertz CT molecular complexity index is 4160. The number of aliphatic hydroxyl groups is 4. The van der Waals surface area contributed by atoms with E-state index in [0.29, 0.717) is 24.0 Å². The van der Waals surface area contributed by atoms with Gasteiger partial charge in [0.2, 0.25) is 47.1 Å². The molecule has 5 aromatic rings. The van der Waals surface area contributed by atoms with Crippen molar-refractivity contribution in [2.75, 3.05) is 20.7 Å². The lowest BCUT2D eigenvalue weighted by Crippen LogP contribution is -2.59. The van der Waals surface area contributed by atoms with Crippen LogP contribution >= 0.6 is 0 Å². The van der Waals surface area contributed by atoms with Crippen LogP contribution in [-0.2, 0) is 52.6 Å². The number of ketones is 1. The predicted molar refractivity (Wildman–Crippen MR) is 374 cm³/mol. The molecule has 0 aliphatic carbocycles. The van der Waals surface area contributed by atoms with E-state index in [2.05, 4.69) is 31.9 Å². The van der Waals surface area contributed by atoms with Crippen LogP contribution in [-0.4, -0.2) is 176 Å². The topological polar surface area (TPSA) is 435 Å². The molecule has 15 N–H and O–H groups in total. The van der Waals surface area contributed by atoms with Crippen LogP contribution in [0.3, 0.4) is 0 Å². The molecule has 7 aliphatic heterocycles. The third-order valence-corrected chi connectivity index (χ3v) is 20.2. The van der Waals surface area contributed by atoms with E-state index in [1.165, 1.54) is 61.5 Å². The van der Waals surface area contributed by atoms with Gasteiger partial charge in [-0.1, -0.05) is 59.7 Å². The van der Waals surface area contributed by atoms with Gasteiger partial charge >= 0.3 is 0 Å². The number of hydrogen-bond donors (Lipinski definition) is 14. The number of rotatable bonds is 14. The molecule has 7 amide bonds. The minimum Gasteiger partial charge on any atom is -0.508 e. The van der Waals surface area contributed by atoms with Crippen molar-refractivity contribution >= 4 is 47.1 Å². The summed E-state index contributed by atoms with van der Waals surface area (Å²) in [5.74, 6) is -11.7. The number of nitrogens with two attached hydrogens (primary N) is 1. The number of phenols is 3. The Balaban J connectivity index is 1.25. The first kappa shape index (κ1) is 77.2. The summed E-state index contributed by atoms with van der Waals surface area (Å²) < 4.78 is 40.2. The fourth-order valence-electron chi connectivity index (χ4n) is 14.1. The number of amides is 7. The lowest BCUT2D eigenvalue weighted by Gasteiger charge is -2.44. The lowest BCUT2D eigenvalue weighted by molar-refractivity contribution is -0.268. The molecule has 7 aliphatic rings. The second kappa shape index (κ2) is 31.1. The molecule has 17 unspecified atom stereocenters. The Morgan fingerprint density at radius 3 is 1.90 bits per heavy atom. The highest BCUT2D eigenvalue weighted by molar-refractivity contribution is 6.01. The molecule has 29 heteroatoms. The van der Waals surface area contributed by atoms with Gasteiger partial charge in [-0.05, 0) is 166 Å². The summed E-state index contributed by atoms with van der Waals surface area (Å²) in [5, 5.41) is 97.6. The normalized spacial score (nSPS) is 28.1. The van der Waals surface area contributed by atoms with E-state index in [4.69, 9.17) is 34.2 Å². The molecule has 560 valence electrons. The number of phenolic OH excluding ortho intramolecular Hbond substituents is 3. The SMILES string of the molecule is CCC1OC(COc2c3cc4cc2Oc2ccc(cc2C)C(OC2CC(C)(C)C(O)C(C)O2)C2NC(=O)C(NC(=O)C4NC(=O)C(CC(N)=O)NC(=O)C(NC(=O)C(CC(C)C)N(C)C)C(O)c4ccc(c(C)c4)O3)c3ccc(O)c(c3)-c3c(cc(O)c(C)c3O)C(C(C)=O)NC2=O)C(C)C(O)C1O. The van der Waals surface area contributed by atoms with Crippen molar-refractivity contribution in [2.45, 2.75) is 199 Å². The number of aliphatic hydroxyl groups excluding tert-OH is 4. The average Bonchev–Trinajstić information content (AvgIpc) is 0.759. The molecule has 11 bridgehead atoms. The maximum absolute atomic E-state index is 16.3. The molecule has 104 heavy (non-hydrogen) atoms. The van der Waals surface area contributed by atoms with Crippen molar-refractivity contribution < 1.29 is 103 Å². The number of nitrogens with zero attached hydrogens (tertiary/aromatic N) is 1. The van der Waals surface area contributed by atoms with Gasteiger partial charge in [0.25, 0.3) is 0 Å². The zero-order valence-corrected chi connectivity index (χ0v) is 60.2. The lowest BCUT2D eigenvalue weighted by atomic mass is 9.78. The van der Waals surface area contributed by atoms with Crippen LogP contribution in [0.25, 0.3) is 11.1 Å². The molecule has 7 heterocycles. The number of likely N-dealkylation sites (N-methyl/N-ethyl adjacent to an activating group) is 1. The molecule has 0 spiro atoms. The van der Waals surface area contributed by atoms with Gasteiger partial charge in [-0.15, -0.1) is 0 Å². The monoisotopic (exact) mass is 1440 g/mol. The van der Waals surface area contributed by atoms with E-state index >= 15 is 24.0 Å². The summed E-state index contributed by atoms with van der Waals surface area (Å²) >= 11 is 0. The molecule has 17 atom stereocenters. The predicted octanol–water partition coefficient (Wildman–Crippen LogP) is 4.62. The Hall–Kier alpha value is -9.46. The third-order valence-electron chi connectivity index (χ3n) is 20.2. The molecule has 0 aromatic heterocycles. The van der Waals surface area contributed by atoms with Gasteiger partial charge in [0.1, 0.15) is 89.9 Å². The second-order valence-corrected chi connectivity index (χ2v) is 29.1. The van der Waals surface area contributed by atoms with Crippen molar-refractivity contribution in [2.24, 2.45) is 23.0 Å². The van der Waals surface area contributed by atoms with Crippen molar-refractivity contribution in [1.29, 1.82) is 0 Å². The molecular weight excluding hydrogens is 1350 g/mol. The standard InChI is InChI=1S/C75H94N8O21/c1-14-48-65(91)63(89)35(7)53(101-48)30-99-67-51-25-41-26-52(67)103-50-20-17-40(23-33(50)5)66(104-55-29-75(10,11)68(92)37(9)100-55)61-74(98)78-57(36(8)84)43-27-47(86)34(6)62(88)56(43)42-24-38(15-18-46(42)85)58(71(95)82-61)80-72(96)59(41)79-69(93)44(28-54(76)87)77-73(97)60(81-70(94)45(83(12)13)21-31(2)3)64(90)39-16-19-49(102-51)32(4)22-39/h15-20,22-27,31,35,37,44-45,48,53,55,57-61,63-66,68,85-86,88-92H,14,21,28-30H2,1-13H3,(H2,76,87)(H,77,97)(H,78,98)(H,79,93)(H,80,96)(H,81,94)(H,82,95). The number of benzene rings is 5. The molecular formula is C75H94N8O21. The van der Waals surface area contributed by atoms with E-state index in [-0.39, 0.29) is 92.2 Å². The molecule has 5 aromatic carbocycles. The highest BCUT2D eigenvalue weighted by Gasteiger charge is 2.48. The first-order chi connectivity index (χ1) is 49.0. The number of carbonyl (C=O) groups is 8. The van der Waals surface area contributed by atoms with Crippen LogP contribution in [0.5, 0.6) is 46.0 Å². The number of primary amides is 1. The van der Waals surface area contributed by atoms with Crippen molar-refractivity contribution in [1.82, 2.24) is 36.8 Å². The second-order valence-electron chi connectivity index (χ2n) is 29.1. The van der Waals surface area contributed by atoms with Crippen LogP contribution < -0.4 is 51.8 Å². The first-order valence-corrected chi connectivity index (χ1v) is 34.7. The number of aromatic hydroxyl groups is 3. The van der Waals surface area contributed by atoms with Crippen LogP contribution in [0.4, 0.5) is 0 Å². The first-order valence-electron chi connectivity index (χ1n) is 34.7. The number of Topliss-reactive ketones (excluding diaryl/α,β-unsaturated/α-hetero) is 1. The van der Waals surface area contributed by atoms with E-state index in [0.717, 1.165) is 19.1 Å². The van der Waals surface area contributed by atoms with Gasteiger partial charge < -0.3 is 102 Å². The molecule has 12 rings (SSSR count).